The molecule has 1 saturated heterocycles. The van der Waals surface area contributed by atoms with Crippen LogP contribution in [0, 0.1) is 0 Å². The van der Waals surface area contributed by atoms with Gasteiger partial charge in [0.25, 0.3) is 10.0 Å². The second-order valence-electron chi connectivity index (χ2n) is 7.36. The average molecular weight is 394 g/mol. The van der Waals surface area contributed by atoms with Gasteiger partial charge in [-0.1, -0.05) is 25.3 Å². The van der Waals surface area contributed by atoms with E-state index in [1.807, 2.05) is 0 Å². The van der Waals surface area contributed by atoms with Crippen LogP contribution in [-0.2, 0) is 19.6 Å². The number of pyridine rings is 1. The highest BCUT2D eigenvalue weighted by atomic mass is 32.2. The van der Waals surface area contributed by atoms with E-state index in [0.29, 0.717) is 25.7 Å². The topological polar surface area (TPSA) is 122 Å². The Bertz CT molecular complexity index is 791. The average Bonchev–Trinajstić information content (AvgIpc) is 2.85. The van der Waals surface area contributed by atoms with Gasteiger partial charge in [-0.15, -0.1) is 0 Å². The van der Waals surface area contributed by atoms with Crippen molar-refractivity contribution >= 4 is 21.7 Å². The summed E-state index contributed by atoms with van der Waals surface area (Å²) in [5.41, 5.74) is 5.31. The highest BCUT2D eigenvalue weighted by Gasteiger charge is 2.39. The van der Waals surface area contributed by atoms with E-state index in [1.165, 1.54) is 12.3 Å². The SMILES string of the molecule is NC1(C(=O)NC2CCCN(S(=O)(=O)c3ccccn3)CC2=O)CCCCC1. The van der Waals surface area contributed by atoms with Crippen LogP contribution in [0.15, 0.2) is 29.4 Å². The summed E-state index contributed by atoms with van der Waals surface area (Å²) in [6, 6.07) is 3.92. The quantitative estimate of drug-likeness (QED) is 0.770. The number of amides is 1. The van der Waals surface area contributed by atoms with Crippen LogP contribution in [0.25, 0.3) is 0 Å². The molecule has 1 amide bonds. The lowest BCUT2D eigenvalue weighted by Gasteiger charge is -2.33. The molecule has 1 aliphatic heterocycles. The minimum Gasteiger partial charge on any atom is -0.345 e. The Morgan fingerprint density at radius 2 is 1.96 bits per heavy atom. The van der Waals surface area contributed by atoms with Crippen LogP contribution in [-0.4, -0.2) is 54.1 Å². The Hall–Kier alpha value is -1.84. The van der Waals surface area contributed by atoms with Gasteiger partial charge in [-0.25, -0.2) is 13.4 Å². The zero-order valence-corrected chi connectivity index (χ0v) is 16.1. The van der Waals surface area contributed by atoms with Gasteiger partial charge in [0.15, 0.2) is 10.8 Å². The maximum absolute atomic E-state index is 12.7. The number of sulfonamides is 1. The molecule has 3 rings (SSSR count). The van der Waals surface area contributed by atoms with Crippen LogP contribution in [0.4, 0.5) is 0 Å². The fraction of sp³-hybridized carbons (Fsp3) is 0.611. The number of aromatic nitrogens is 1. The minimum absolute atomic E-state index is 0.0802. The summed E-state index contributed by atoms with van der Waals surface area (Å²) in [6.45, 7) is -0.0633. The fourth-order valence-electron chi connectivity index (χ4n) is 3.70. The lowest BCUT2D eigenvalue weighted by molar-refractivity contribution is -0.131. The van der Waals surface area contributed by atoms with Crippen molar-refractivity contribution in [1.82, 2.24) is 14.6 Å². The molecule has 2 heterocycles. The highest BCUT2D eigenvalue weighted by Crippen LogP contribution is 2.26. The first kappa shape index (κ1) is 19.9. The Labute approximate surface area is 159 Å². The van der Waals surface area contributed by atoms with Crippen molar-refractivity contribution in [3.8, 4) is 0 Å². The summed E-state index contributed by atoms with van der Waals surface area (Å²) < 4.78 is 26.6. The van der Waals surface area contributed by atoms with Crippen molar-refractivity contribution in [3.05, 3.63) is 24.4 Å². The molecule has 0 aromatic carbocycles. The van der Waals surface area contributed by atoms with E-state index in [2.05, 4.69) is 10.3 Å². The van der Waals surface area contributed by atoms with Crippen LogP contribution < -0.4 is 11.1 Å². The van der Waals surface area contributed by atoms with Gasteiger partial charge in [0, 0.05) is 12.7 Å². The van der Waals surface area contributed by atoms with Gasteiger partial charge in [-0.3, -0.25) is 9.59 Å². The number of Topliss-reactive ketones (excluding diaryl/α,β-unsaturated/α-hetero) is 1. The van der Waals surface area contributed by atoms with E-state index >= 15 is 0 Å². The Morgan fingerprint density at radius 3 is 2.63 bits per heavy atom. The molecule has 1 unspecified atom stereocenters. The number of carbonyl (C=O) groups is 2. The number of hydrogen-bond donors (Lipinski definition) is 2. The molecule has 2 fully saturated rings. The molecular formula is C18H26N4O4S. The maximum Gasteiger partial charge on any atom is 0.260 e. The van der Waals surface area contributed by atoms with Crippen molar-refractivity contribution < 1.29 is 18.0 Å². The molecule has 1 saturated carbocycles. The van der Waals surface area contributed by atoms with Crippen LogP contribution in [0.3, 0.4) is 0 Å². The zero-order valence-electron chi connectivity index (χ0n) is 15.3. The lowest BCUT2D eigenvalue weighted by atomic mass is 9.81. The van der Waals surface area contributed by atoms with Gasteiger partial charge < -0.3 is 11.1 Å². The predicted octanol–water partition coefficient (Wildman–Crippen LogP) is 0.582. The molecule has 1 atom stereocenters. The van der Waals surface area contributed by atoms with Crippen molar-refractivity contribution in [3.63, 3.8) is 0 Å². The molecule has 1 aromatic heterocycles. The minimum atomic E-state index is -3.84. The highest BCUT2D eigenvalue weighted by molar-refractivity contribution is 7.89. The summed E-state index contributed by atoms with van der Waals surface area (Å²) in [7, 11) is -3.84. The molecule has 2 aliphatic rings. The number of ketones is 1. The largest absolute Gasteiger partial charge is 0.345 e. The normalized spacial score (nSPS) is 24.2. The second kappa shape index (κ2) is 8.04. The molecule has 3 N–H and O–H groups in total. The molecule has 1 aromatic rings. The number of nitrogens with two attached hydrogens (primary N) is 1. The Balaban J connectivity index is 1.68. The maximum atomic E-state index is 12.7. The van der Waals surface area contributed by atoms with E-state index < -0.39 is 21.6 Å². The summed E-state index contributed by atoms with van der Waals surface area (Å²) in [5.74, 6) is -0.624. The van der Waals surface area contributed by atoms with E-state index in [0.717, 1.165) is 23.6 Å². The van der Waals surface area contributed by atoms with E-state index in [1.54, 1.807) is 12.1 Å². The third-order valence-electron chi connectivity index (χ3n) is 5.37. The third-order valence-corrected chi connectivity index (χ3v) is 7.13. The van der Waals surface area contributed by atoms with Gasteiger partial charge in [0.1, 0.15) is 0 Å². The van der Waals surface area contributed by atoms with E-state index in [4.69, 9.17) is 5.73 Å². The van der Waals surface area contributed by atoms with Gasteiger partial charge >= 0.3 is 0 Å². The van der Waals surface area contributed by atoms with Crippen molar-refractivity contribution in [1.29, 1.82) is 0 Å². The molecule has 0 spiro atoms. The van der Waals surface area contributed by atoms with Crippen molar-refractivity contribution in [2.75, 3.05) is 13.1 Å². The van der Waals surface area contributed by atoms with Crippen molar-refractivity contribution in [2.45, 2.75) is 61.6 Å². The van der Waals surface area contributed by atoms with Gasteiger partial charge in [0.05, 0.1) is 18.1 Å². The predicted molar refractivity (Wildman–Crippen MR) is 99.2 cm³/mol. The number of nitrogens with zero attached hydrogens (tertiary/aromatic N) is 2. The van der Waals surface area contributed by atoms with Gasteiger partial charge in [-0.05, 0) is 37.8 Å². The zero-order chi connectivity index (χ0) is 19.5. The second-order valence-corrected chi connectivity index (χ2v) is 9.24. The molecule has 0 radical (unpaired) electrons. The van der Waals surface area contributed by atoms with Crippen LogP contribution in [0.1, 0.15) is 44.9 Å². The summed E-state index contributed by atoms with van der Waals surface area (Å²) in [6.07, 6.45) is 6.36. The standard InChI is InChI=1S/C18H26N4O4S/c19-18(9-3-1-4-10-18)17(24)21-14-7-6-12-22(13-15(14)23)27(25,26)16-8-2-5-11-20-16/h2,5,8,11,14H,1,3-4,6-7,9-10,12-13,19H2,(H,21,24). The molecule has 0 bridgehead atoms. The first-order chi connectivity index (χ1) is 12.8. The monoisotopic (exact) mass is 394 g/mol. The fourth-order valence-corrected chi connectivity index (χ4v) is 5.07. The number of carbonyl (C=O) groups excluding carboxylic acids is 2. The smallest absolute Gasteiger partial charge is 0.260 e. The lowest BCUT2D eigenvalue weighted by Crippen LogP contribution is -2.58. The van der Waals surface area contributed by atoms with Gasteiger partial charge in [-0.2, -0.15) is 4.31 Å². The molecule has 1 aliphatic carbocycles. The molecule has 148 valence electrons. The number of hydrogen-bond acceptors (Lipinski definition) is 6. The summed E-state index contributed by atoms with van der Waals surface area (Å²) in [5, 5.41) is 2.70. The summed E-state index contributed by atoms with van der Waals surface area (Å²) in [4.78, 5) is 29.2. The molecular weight excluding hydrogens is 368 g/mol. The van der Waals surface area contributed by atoms with Crippen LogP contribution in [0.5, 0.6) is 0 Å². The van der Waals surface area contributed by atoms with Crippen molar-refractivity contribution in [2.24, 2.45) is 5.73 Å². The first-order valence-electron chi connectivity index (χ1n) is 9.37. The van der Waals surface area contributed by atoms with Gasteiger partial charge in [0.2, 0.25) is 5.91 Å². The Kier molecular flexibility index (Phi) is 5.92. The van der Waals surface area contributed by atoms with Crippen LogP contribution >= 0.6 is 0 Å². The van der Waals surface area contributed by atoms with E-state index in [9.17, 15) is 18.0 Å². The Morgan fingerprint density at radius 1 is 1.22 bits per heavy atom. The summed E-state index contributed by atoms with van der Waals surface area (Å²) >= 11 is 0. The number of rotatable bonds is 4. The molecule has 9 heteroatoms. The number of nitrogens with one attached hydrogen (secondary N) is 1. The van der Waals surface area contributed by atoms with Crippen LogP contribution in [0.2, 0.25) is 0 Å². The first-order valence-corrected chi connectivity index (χ1v) is 10.8. The molecule has 8 nitrogen and oxygen atoms in total. The molecule has 27 heavy (non-hydrogen) atoms. The van der Waals surface area contributed by atoms with E-state index in [-0.39, 0.29) is 29.8 Å². The third kappa shape index (κ3) is 4.36.